The van der Waals surface area contributed by atoms with E-state index < -0.39 is 16.6 Å². The second kappa shape index (κ2) is 9.81. The third-order valence-corrected chi connectivity index (χ3v) is 6.88. The summed E-state index contributed by atoms with van der Waals surface area (Å²) >= 11 is 5.05. The zero-order chi connectivity index (χ0) is 21.8. The van der Waals surface area contributed by atoms with E-state index in [1.807, 2.05) is 64.1 Å². The minimum Gasteiger partial charge on any atom is -0.497 e. The summed E-state index contributed by atoms with van der Waals surface area (Å²) in [6.07, 6.45) is 0. The average molecular weight is 479 g/mol. The van der Waals surface area contributed by atoms with Crippen molar-refractivity contribution in [1.82, 2.24) is 0 Å². The molecule has 0 aliphatic heterocycles. The third-order valence-electron chi connectivity index (χ3n) is 4.82. The van der Waals surface area contributed by atoms with Crippen molar-refractivity contribution in [3.8, 4) is 5.75 Å². The summed E-state index contributed by atoms with van der Waals surface area (Å²) in [7, 11) is 2.95. The van der Waals surface area contributed by atoms with E-state index in [-0.39, 0.29) is 5.78 Å². The molecule has 29 heavy (non-hydrogen) atoms. The molecule has 2 aromatic carbocycles. The summed E-state index contributed by atoms with van der Waals surface area (Å²) in [6.45, 7) is 7.60. The van der Waals surface area contributed by atoms with E-state index in [1.54, 1.807) is 7.11 Å². The van der Waals surface area contributed by atoms with Crippen LogP contribution >= 0.6 is 27.7 Å². The van der Waals surface area contributed by atoms with E-state index >= 15 is 0 Å². The molecule has 0 spiro atoms. The predicted octanol–water partition coefficient (Wildman–Crippen LogP) is 5.61. The molecule has 0 amide bonds. The van der Waals surface area contributed by atoms with Gasteiger partial charge in [0, 0.05) is 10.2 Å². The van der Waals surface area contributed by atoms with Gasteiger partial charge in [0.2, 0.25) is 0 Å². The number of carbonyl (C=O) groups excluding carboxylic acids is 2. The zero-order valence-electron chi connectivity index (χ0n) is 17.7. The molecule has 1 unspecified atom stereocenters. The van der Waals surface area contributed by atoms with E-state index in [4.69, 9.17) is 9.47 Å². The summed E-state index contributed by atoms with van der Waals surface area (Å²) in [5, 5.41) is 0. The molecular formula is C23H27BrO4S. The Labute approximate surface area is 185 Å². The van der Waals surface area contributed by atoms with E-state index in [9.17, 15) is 9.59 Å². The van der Waals surface area contributed by atoms with Crippen molar-refractivity contribution >= 4 is 39.4 Å². The van der Waals surface area contributed by atoms with Crippen LogP contribution in [0.3, 0.4) is 0 Å². The summed E-state index contributed by atoms with van der Waals surface area (Å²) in [4.78, 5) is 26.2. The molecule has 0 N–H and O–H groups in total. The van der Waals surface area contributed by atoms with Crippen LogP contribution in [0.2, 0.25) is 0 Å². The highest BCUT2D eigenvalue weighted by atomic mass is 79.9. The summed E-state index contributed by atoms with van der Waals surface area (Å²) < 4.78 is 10.2. The Balaban J connectivity index is 2.31. The zero-order valence-corrected chi connectivity index (χ0v) is 20.1. The molecule has 0 bridgehead atoms. The van der Waals surface area contributed by atoms with Crippen LogP contribution in [0.1, 0.15) is 42.0 Å². The van der Waals surface area contributed by atoms with E-state index in [0.717, 1.165) is 26.9 Å². The molecule has 0 radical (unpaired) electrons. The Morgan fingerprint density at radius 2 is 1.72 bits per heavy atom. The van der Waals surface area contributed by atoms with Crippen molar-refractivity contribution in [3.63, 3.8) is 0 Å². The lowest BCUT2D eigenvalue weighted by Crippen LogP contribution is -2.37. The van der Waals surface area contributed by atoms with Gasteiger partial charge in [-0.15, -0.1) is 11.8 Å². The quantitative estimate of drug-likeness (QED) is 0.364. The Kier molecular flexibility index (Phi) is 7.94. The Hall–Kier alpha value is -1.79. The fraction of sp³-hybridized carbons (Fsp3) is 0.391. The largest absolute Gasteiger partial charge is 0.497 e. The third kappa shape index (κ3) is 5.64. The summed E-state index contributed by atoms with van der Waals surface area (Å²) in [6, 6.07) is 11.6. The maximum atomic E-state index is 13.5. The lowest BCUT2D eigenvalue weighted by Gasteiger charge is -2.28. The number of benzene rings is 2. The van der Waals surface area contributed by atoms with Gasteiger partial charge in [0.1, 0.15) is 11.7 Å². The molecule has 0 aromatic heterocycles. The van der Waals surface area contributed by atoms with Gasteiger partial charge in [-0.1, -0.05) is 34.1 Å². The van der Waals surface area contributed by atoms with Gasteiger partial charge in [-0.25, -0.2) is 0 Å². The fourth-order valence-corrected chi connectivity index (χ4v) is 5.05. The van der Waals surface area contributed by atoms with E-state index in [0.29, 0.717) is 11.3 Å². The van der Waals surface area contributed by atoms with Crippen molar-refractivity contribution < 1.29 is 19.1 Å². The number of hydrogen-bond donors (Lipinski definition) is 0. The van der Waals surface area contributed by atoms with Crippen LogP contribution in [-0.4, -0.2) is 30.7 Å². The molecule has 6 heteroatoms. The van der Waals surface area contributed by atoms with Crippen LogP contribution in [-0.2, 0) is 20.1 Å². The molecule has 0 saturated heterocycles. The van der Waals surface area contributed by atoms with Crippen LogP contribution in [0.4, 0.5) is 0 Å². The number of carbonyl (C=O) groups is 2. The first-order chi connectivity index (χ1) is 13.6. The number of thioether (sulfide) groups is 1. The lowest BCUT2D eigenvalue weighted by atomic mass is 9.85. The van der Waals surface area contributed by atoms with Crippen molar-refractivity contribution in [2.75, 3.05) is 14.2 Å². The van der Waals surface area contributed by atoms with E-state index in [1.165, 1.54) is 18.9 Å². The van der Waals surface area contributed by atoms with E-state index in [2.05, 4.69) is 15.9 Å². The maximum Gasteiger partial charge on any atom is 0.320 e. The molecule has 2 rings (SSSR count). The number of ketones is 1. The van der Waals surface area contributed by atoms with Gasteiger partial charge in [0.05, 0.1) is 19.0 Å². The maximum absolute atomic E-state index is 13.5. The fourth-order valence-electron chi connectivity index (χ4n) is 3.17. The Morgan fingerprint density at radius 3 is 2.24 bits per heavy atom. The number of esters is 1. The van der Waals surface area contributed by atoms with Crippen LogP contribution in [0, 0.1) is 13.8 Å². The number of hydrogen-bond acceptors (Lipinski definition) is 5. The second-order valence-corrected chi connectivity index (χ2v) is 9.90. The first-order valence-corrected chi connectivity index (χ1v) is 11.0. The molecule has 0 saturated carbocycles. The van der Waals surface area contributed by atoms with Gasteiger partial charge < -0.3 is 9.47 Å². The number of ether oxygens (including phenoxy) is 2. The molecule has 0 aliphatic carbocycles. The molecule has 156 valence electrons. The molecule has 1 atom stereocenters. The van der Waals surface area contributed by atoms with Crippen molar-refractivity contribution in [2.24, 2.45) is 0 Å². The van der Waals surface area contributed by atoms with Gasteiger partial charge >= 0.3 is 5.97 Å². The normalized spacial score (nSPS) is 12.4. The van der Waals surface area contributed by atoms with Crippen molar-refractivity contribution in [3.05, 3.63) is 63.1 Å². The highest BCUT2D eigenvalue weighted by molar-refractivity contribution is 9.10. The van der Waals surface area contributed by atoms with Crippen molar-refractivity contribution in [1.29, 1.82) is 0 Å². The topological polar surface area (TPSA) is 52.6 Å². The minimum atomic E-state index is -0.978. The molecular weight excluding hydrogens is 452 g/mol. The average Bonchev–Trinajstić information content (AvgIpc) is 2.68. The molecule has 0 fully saturated rings. The highest BCUT2D eigenvalue weighted by Gasteiger charge is 2.41. The van der Waals surface area contributed by atoms with Crippen molar-refractivity contribution in [2.45, 2.75) is 44.1 Å². The number of aryl methyl sites for hydroxylation is 2. The summed E-state index contributed by atoms with van der Waals surface area (Å²) in [5.41, 5.74) is 3.70. The van der Waals surface area contributed by atoms with Gasteiger partial charge in [0.15, 0.2) is 5.78 Å². The molecule has 0 heterocycles. The summed E-state index contributed by atoms with van der Waals surface area (Å²) in [5.74, 6) is -0.255. The van der Waals surface area contributed by atoms with Gasteiger partial charge in [-0.05, 0) is 68.1 Å². The molecule has 4 nitrogen and oxygen atoms in total. The monoisotopic (exact) mass is 478 g/mol. The highest BCUT2D eigenvalue weighted by Crippen LogP contribution is 2.38. The number of rotatable bonds is 8. The number of methoxy groups -OCH3 is 2. The van der Waals surface area contributed by atoms with Gasteiger partial charge in [0.25, 0.3) is 0 Å². The minimum absolute atomic E-state index is 0.171. The molecule has 0 aliphatic rings. The first-order valence-electron chi connectivity index (χ1n) is 9.26. The molecule has 2 aromatic rings. The van der Waals surface area contributed by atoms with Crippen LogP contribution in [0.15, 0.2) is 40.9 Å². The lowest BCUT2D eigenvalue weighted by molar-refractivity contribution is -0.146. The standard InChI is InChI=1S/C23H27BrO4S/c1-14-11-15(2)19(18(24)12-14)20(22(26)28-6)21(25)23(3,4)29-13-16-7-9-17(27-5)10-8-16/h7-12,20H,13H2,1-6H3. The Bertz CT molecular complexity index is 867. The van der Waals surface area contributed by atoms with Crippen LogP contribution < -0.4 is 4.74 Å². The predicted molar refractivity (Wildman–Crippen MR) is 122 cm³/mol. The Morgan fingerprint density at radius 1 is 1.10 bits per heavy atom. The number of halogens is 1. The van der Waals surface area contributed by atoms with Gasteiger partial charge in [-0.2, -0.15) is 0 Å². The first kappa shape index (κ1) is 23.5. The second-order valence-electron chi connectivity index (χ2n) is 7.44. The van der Waals surface area contributed by atoms with Crippen LogP contribution in [0.5, 0.6) is 5.75 Å². The number of Topliss-reactive ketones (excluding diaryl/α,β-unsaturated/α-hetero) is 1. The SMILES string of the molecule is COC(=O)C(C(=O)C(C)(C)SCc1ccc(OC)cc1)c1c(C)cc(C)cc1Br. The van der Waals surface area contributed by atoms with Gasteiger partial charge in [-0.3, -0.25) is 9.59 Å². The smallest absolute Gasteiger partial charge is 0.320 e. The van der Waals surface area contributed by atoms with Crippen LogP contribution in [0.25, 0.3) is 0 Å².